The van der Waals surface area contributed by atoms with Gasteiger partial charge in [-0.3, -0.25) is 0 Å². The Labute approximate surface area is 67.4 Å². The predicted molar refractivity (Wildman–Crippen MR) is 43.0 cm³/mol. The van der Waals surface area contributed by atoms with E-state index >= 15 is 0 Å². The van der Waals surface area contributed by atoms with Crippen LogP contribution in [0, 0.1) is 12.8 Å². The van der Waals surface area contributed by atoms with Crippen LogP contribution in [-0.2, 0) is 0 Å². The fraction of sp³-hybridized carbons (Fsp3) is 0.875. The summed E-state index contributed by atoms with van der Waals surface area (Å²) < 4.78 is 0. The van der Waals surface area contributed by atoms with Crippen molar-refractivity contribution in [3.05, 3.63) is 6.92 Å². The maximum absolute atomic E-state index is 9.24. The molecule has 0 bridgehead atoms. The van der Waals surface area contributed by atoms with Gasteiger partial charge in [-0.1, -0.05) is 13.3 Å². The van der Waals surface area contributed by atoms with Gasteiger partial charge < -0.3 is 5.11 Å². The Bertz CT molecular complexity index is 105. The van der Waals surface area contributed by atoms with Crippen molar-refractivity contribution in [2.24, 2.45) is 5.92 Å². The number of aliphatic hydroxyl groups excluding tert-OH is 1. The molecule has 3 unspecified atom stereocenters. The molecule has 1 fully saturated rings. The lowest BCUT2D eigenvalue weighted by molar-refractivity contribution is 0.113. The van der Waals surface area contributed by atoms with E-state index in [0.29, 0.717) is 5.92 Å². The minimum Gasteiger partial charge on any atom is -0.392 e. The first-order valence-corrected chi connectivity index (χ1v) is 4.29. The highest BCUT2D eigenvalue weighted by Gasteiger charge is 2.26. The van der Waals surface area contributed by atoms with Crippen molar-refractivity contribution in [1.82, 2.24) is 0 Å². The average Bonchev–Trinajstić information content (AvgIpc) is 1.95. The standard InChI is InChI=1S/C8H14ClO/c1-2-6-3-4-8(10)7(9)5-6/h6-8,10H,1-5H2. The molecule has 1 aliphatic carbocycles. The van der Waals surface area contributed by atoms with E-state index < -0.39 is 0 Å². The third kappa shape index (κ3) is 1.86. The van der Waals surface area contributed by atoms with Crippen LogP contribution < -0.4 is 0 Å². The second kappa shape index (κ2) is 3.59. The van der Waals surface area contributed by atoms with Gasteiger partial charge in [0.1, 0.15) is 0 Å². The van der Waals surface area contributed by atoms with Crippen molar-refractivity contribution in [2.45, 2.75) is 37.2 Å². The van der Waals surface area contributed by atoms with Gasteiger partial charge in [-0.05, 0) is 25.2 Å². The maximum atomic E-state index is 9.24. The normalized spacial score (nSPS) is 41.7. The van der Waals surface area contributed by atoms with Crippen molar-refractivity contribution >= 4 is 11.6 Å². The zero-order chi connectivity index (χ0) is 7.56. The molecular weight excluding hydrogens is 148 g/mol. The number of alkyl halides is 1. The summed E-state index contributed by atoms with van der Waals surface area (Å²) in [6, 6.07) is 0. The van der Waals surface area contributed by atoms with Gasteiger partial charge in [0.15, 0.2) is 0 Å². The van der Waals surface area contributed by atoms with Crippen LogP contribution >= 0.6 is 11.6 Å². The summed E-state index contributed by atoms with van der Waals surface area (Å²) in [5, 5.41) is 9.21. The second-order valence-electron chi connectivity index (χ2n) is 3.05. The predicted octanol–water partition coefficient (Wildman–Crippen LogP) is 1.98. The maximum Gasteiger partial charge on any atom is 0.0703 e. The number of aliphatic hydroxyl groups is 1. The molecule has 0 heterocycles. The molecule has 0 aromatic carbocycles. The summed E-state index contributed by atoms with van der Waals surface area (Å²) in [6.07, 6.45) is 3.56. The number of hydrogen-bond donors (Lipinski definition) is 1. The Kier molecular flexibility index (Phi) is 2.99. The van der Waals surface area contributed by atoms with Gasteiger partial charge in [0.05, 0.1) is 11.5 Å². The minimum absolute atomic E-state index is 0.0273. The molecule has 1 N–H and O–H groups in total. The summed E-state index contributed by atoms with van der Waals surface area (Å²) in [7, 11) is 0. The second-order valence-corrected chi connectivity index (χ2v) is 3.61. The van der Waals surface area contributed by atoms with Crippen LogP contribution in [0.2, 0.25) is 0 Å². The Morgan fingerprint density at radius 1 is 1.50 bits per heavy atom. The largest absolute Gasteiger partial charge is 0.392 e. The summed E-state index contributed by atoms with van der Waals surface area (Å²) in [4.78, 5) is 0. The molecule has 1 rings (SSSR count). The van der Waals surface area contributed by atoms with Gasteiger partial charge in [0.2, 0.25) is 0 Å². The molecule has 1 radical (unpaired) electrons. The van der Waals surface area contributed by atoms with E-state index in [-0.39, 0.29) is 11.5 Å². The van der Waals surface area contributed by atoms with Crippen LogP contribution in [0.5, 0.6) is 0 Å². The number of hydrogen-bond acceptors (Lipinski definition) is 1. The zero-order valence-corrected chi connectivity index (χ0v) is 6.85. The molecule has 0 saturated heterocycles. The van der Waals surface area contributed by atoms with Crippen LogP contribution in [0.25, 0.3) is 0 Å². The van der Waals surface area contributed by atoms with Gasteiger partial charge in [-0.25, -0.2) is 0 Å². The van der Waals surface area contributed by atoms with Gasteiger partial charge in [0.25, 0.3) is 0 Å². The Morgan fingerprint density at radius 2 is 2.20 bits per heavy atom. The van der Waals surface area contributed by atoms with E-state index in [0.717, 1.165) is 25.7 Å². The van der Waals surface area contributed by atoms with Gasteiger partial charge in [0, 0.05) is 0 Å². The van der Waals surface area contributed by atoms with Crippen LogP contribution in [0.1, 0.15) is 25.7 Å². The lowest BCUT2D eigenvalue weighted by atomic mass is 9.85. The number of halogens is 1. The van der Waals surface area contributed by atoms with E-state index in [1.807, 2.05) is 0 Å². The van der Waals surface area contributed by atoms with Gasteiger partial charge >= 0.3 is 0 Å². The molecule has 0 aliphatic heterocycles. The molecule has 0 spiro atoms. The highest BCUT2D eigenvalue weighted by molar-refractivity contribution is 6.21. The van der Waals surface area contributed by atoms with Crippen molar-refractivity contribution in [1.29, 1.82) is 0 Å². The van der Waals surface area contributed by atoms with Gasteiger partial charge in [-0.2, -0.15) is 0 Å². The van der Waals surface area contributed by atoms with E-state index in [1.54, 1.807) is 0 Å². The van der Waals surface area contributed by atoms with E-state index in [9.17, 15) is 5.11 Å². The summed E-state index contributed by atoms with van der Waals surface area (Å²) in [5.74, 6) is 0.644. The van der Waals surface area contributed by atoms with Crippen LogP contribution in [0.15, 0.2) is 0 Å². The molecule has 0 aromatic heterocycles. The number of rotatable bonds is 1. The van der Waals surface area contributed by atoms with Crippen LogP contribution in [-0.4, -0.2) is 16.6 Å². The molecule has 1 saturated carbocycles. The van der Waals surface area contributed by atoms with E-state index in [2.05, 4.69) is 6.92 Å². The van der Waals surface area contributed by atoms with Crippen molar-refractivity contribution in [3.8, 4) is 0 Å². The van der Waals surface area contributed by atoms with Crippen molar-refractivity contribution in [2.75, 3.05) is 0 Å². The lowest BCUT2D eigenvalue weighted by Crippen LogP contribution is -2.29. The van der Waals surface area contributed by atoms with Crippen LogP contribution in [0.4, 0.5) is 0 Å². The fourth-order valence-electron chi connectivity index (χ4n) is 1.44. The molecule has 2 heteroatoms. The topological polar surface area (TPSA) is 20.2 Å². The third-order valence-electron chi connectivity index (χ3n) is 2.25. The highest BCUT2D eigenvalue weighted by atomic mass is 35.5. The molecule has 59 valence electrons. The van der Waals surface area contributed by atoms with Crippen molar-refractivity contribution < 1.29 is 5.11 Å². The molecule has 1 aliphatic rings. The fourth-order valence-corrected chi connectivity index (χ4v) is 1.82. The Balaban J connectivity index is 2.33. The van der Waals surface area contributed by atoms with E-state index in [4.69, 9.17) is 11.6 Å². The molecule has 10 heavy (non-hydrogen) atoms. The molecular formula is C8H14ClO. The molecule has 0 aromatic rings. The molecule has 1 nitrogen and oxygen atoms in total. The first-order valence-electron chi connectivity index (χ1n) is 3.85. The summed E-state index contributed by atoms with van der Waals surface area (Å²) in [6.45, 7) is 3.83. The van der Waals surface area contributed by atoms with Crippen molar-refractivity contribution in [3.63, 3.8) is 0 Å². The Hall–Kier alpha value is 0.250. The summed E-state index contributed by atoms with van der Waals surface area (Å²) in [5.41, 5.74) is 0. The average molecular weight is 162 g/mol. The Morgan fingerprint density at radius 3 is 2.70 bits per heavy atom. The van der Waals surface area contributed by atoms with Gasteiger partial charge in [-0.15, -0.1) is 11.6 Å². The quantitative estimate of drug-likeness (QED) is 0.584. The summed E-state index contributed by atoms with van der Waals surface area (Å²) >= 11 is 5.86. The zero-order valence-electron chi connectivity index (χ0n) is 6.09. The molecule has 3 atom stereocenters. The first-order chi connectivity index (χ1) is 4.74. The lowest BCUT2D eigenvalue weighted by Gasteiger charge is -2.28. The monoisotopic (exact) mass is 161 g/mol. The smallest absolute Gasteiger partial charge is 0.0703 e. The highest BCUT2D eigenvalue weighted by Crippen LogP contribution is 2.29. The third-order valence-corrected chi connectivity index (χ3v) is 2.72. The van der Waals surface area contributed by atoms with Crippen LogP contribution in [0.3, 0.4) is 0 Å². The first kappa shape index (κ1) is 8.35. The molecule has 0 amide bonds. The minimum atomic E-state index is -0.274. The van der Waals surface area contributed by atoms with E-state index in [1.165, 1.54) is 0 Å². The SMILES string of the molecule is [CH2]CC1CCC(O)C(Cl)C1.